The van der Waals surface area contributed by atoms with Crippen molar-refractivity contribution in [1.29, 1.82) is 0 Å². The molecule has 1 aromatic carbocycles. The van der Waals surface area contributed by atoms with Gasteiger partial charge in [-0.2, -0.15) is 5.10 Å². The Kier molecular flexibility index (Phi) is 5.71. The van der Waals surface area contributed by atoms with Crippen LogP contribution >= 0.6 is 0 Å². The van der Waals surface area contributed by atoms with Crippen LogP contribution in [-0.2, 0) is 22.6 Å². The van der Waals surface area contributed by atoms with Crippen LogP contribution in [0.4, 0.5) is 0 Å². The van der Waals surface area contributed by atoms with Gasteiger partial charge < -0.3 is 14.8 Å². The van der Waals surface area contributed by atoms with Gasteiger partial charge in [-0.25, -0.2) is 0 Å². The van der Waals surface area contributed by atoms with Crippen LogP contribution in [0.15, 0.2) is 30.3 Å². The highest BCUT2D eigenvalue weighted by molar-refractivity contribution is 5.75. The Hall–Kier alpha value is -2.34. The summed E-state index contributed by atoms with van der Waals surface area (Å²) in [6.07, 6.45) is 2.40. The molecule has 6 heteroatoms. The molecule has 1 saturated heterocycles. The molecule has 6 nitrogen and oxygen atoms in total. The number of hydrogen-bond acceptors (Lipinski definition) is 4. The first kappa shape index (κ1) is 17.5. The molecule has 0 radical (unpaired) electrons. The molecule has 2 heterocycles. The Morgan fingerprint density at radius 3 is 2.80 bits per heavy atom. The highest BCUT2D eigenvalue weighted by Gasteiger charge is 2.15. The summed E-state index contributed by atoms with van der Waals surface area (Å²) in [6, 6.07) is 9.75. The molecule has 1 fully saturated rings. The van der Waals surface area contributed by atoms with Gasteiger partial charge in [-0.1, -0.05) is 12.1 Å². The fourth-order valence-corrected chi connectivity index (χ4v) is 2.90. The Bertz CT molecular complexity index is 703. The lowest BCUT2D eigenvalue weighted by molar-refractivity contribution is -0.122. The number of hydrogen-bond donors (Lipinski definition) is 1. The van der Waals surface area contributed by atoms with Crippen LogP contribution in [0.3, 0.4) is 0 Å². The van der Waals surface area contributed by atoms with E-state index >= 15 is 0 Å². The van der Waals surface area contributed by atoms with E-state index in [9.17, 15) is 4.79 Å². The van der Waals surface area contributed by atoms with Gasteiger partial charge in [0, 0.05) is 18.8 Å². The molecule has 1 aromatic heterocycles. The molecule has 25 heavy (non-hydrogen) atoms. The molecule has 0 unspecified atom stereocenters. The molecule has 0 saturated carbocycles. The average Bonchev–Trinajstić information content (AvgIpc) is 3.22. The number of ether oxygens (including phenoxy) is 2. The van der Waals surface area contributed by atoms with E-state index in [1.54, 1.807) is 4.68 Å². The Labute approximate surface area is 148 Å². The first-order valence-corrected chi connectivity index (χ1v) is 8.71. The summed E-state index contributed by atoms with van der Waals surface area (Å²) in [6.45, 7) is 6.03. The normalized spacial score (nSPS) is 16.8. The summed E-state index contributed by atoms with van der Waals surface area (Å²) < 4.78 is 13.0. The number of aromatic nitrogens is 2. The van der Waals surface area contributed by atoms with E-state index in [1.807, 2.05) is 44.2 Å². The third-order valence-corrected chi connectivity index (χ3v) is 4.27. The molecule has 2 aromatic rings. The van der Waals surface area contributed by atoms with E-state index in [1.165, 1.54) is 0 Å². The zero-order chi connectivity index (χ0) is 17.6. The fourth-order valence-electron chi connectivity index (χ4n) is 2.90. The zero-order valence-corrected chi connectivity index (χ0v) is 14.8. The quantitative estimate of drug-likeness (QED) is 0.838. The minimum atomic E-state index is -0.0510. The Balaban J connectivity index is 1.43. The van der Waals surface area contributed by atoms with Crippen molar-refractivity contribution in [2.24, 2.45) is 0 Å². The molecular weight excluding hydrogens is 318 g/mol. The van der Waals surface area contributed by atoms with Gasteiger partial charge in [0.2, 0.25) is 5.91 Å². The minimum Gasteiger partial charge on any atom is -0.491 e. The van der Waals surface area contributed by atoms with Crippen LogP contribution in [0.1, 0.15) is 29.8 Å². The van der Waals surface area contributed by atoms with Crippen LogP contribution in [0, 0.1) is 13.8 Å². The zero-order valence-electron chi connectivity index (χ0n) is 14.8. The third-order valence-electron chi connectivity index (χ3n) is 4.27. The van der Waals surface area contributed by atoms with Crippen molar-refractivity contribution in [2.45, 2.75) is 45.9 Å². The van der Waals surface area contributed by atoms with E-state index in [4.69, 9.17) is 9.47 Å². The topological polar surface area (TPSA) is 65.4 Å². The molecule has 1 aliphatic rings. The summed E-state index contributed by atoms with van der Waals surface area (Å²) >= 11 is 0. The van der Waals surface area contributed by atoms with Gasteiger partial charge in [0.15, 0.2) is 0 Å². The van der Waals surface area contributed by atoms with Crippen LogP contribution in [0.25, 0.3) is 0 Å². The predicted molar refractivity (Wildman–Crippen MR) is 94.5 cm³/mol. The first-order chi connectivity index (χ1) is 12.1. The van der Waals surface area contributed by atoms with E-state index in [0.29, 0.717) is 13.2 Å². The first-order valence-electron chi connectivity index (χ1n) is 8.71. The number of rotatable bonds is 7. The smallest absolute Gasteiger partial charge is 0.242 e. The number of amides is 1. The maximum Gasteiger partial charge on any atom is 0.242 e. The molecule has 0 spiro atoms. The summed E-state index contributed by atoms with van der Waals surface area (Å²) in [5, 5.41) is 7.22. The maximum atomic E-state index is 12.1. The second kappa shape index (κ2) is 8.16. The summed E-state index contributed by atoms with van der Waals surface area (Å²) in [4.78, 5) is 12.1. The lowest BCUT2D eigenvalue weighted by atomic mass is 10.2. The van der Waals surface area contributed by atoms with Crippen LogP contribution in [-0.4, -0.2) is 35.0 Å². The van der Waals surface area contributed by atoms with Crippen molar-refractivity contribution in [3.63, 3.8) is 0 Å². The summed E-state index contributed by atoms with van der Waals surface area (Å²) in [5.41, 5.74) is 2.94. The van der Waals surface area contributed by atoms with Crippen molar-refractivity contribution in [3.05, 3.63) is 47.3 Å². The second-order valence-electron chi connectivity index (χ2n) is 6.45. The van der Waals surface area contributed by atoms with Gasteiger partial charge in [0.05, 0.1) is 11.8 Å². The minimum absolute atomic E-state index is 0.0510. The molecule has 134 valence electrons. The third kappa shape index (κ3) is 5.06. The van der Waals surface area contributed by atoms with E-state index in [0.717, 1.165) is 42.1 Å². The number of nitrogens with one attached hydrogen (secondary N) is 1. The van der Waals surface area contributed by atoms with Gasteiger partial charge in [0.1, 0.15) is 18.9 Å². The molecule has 1 N–H and O–H groups in total. The molecule has 1 aliphatic heterocycles. The van der Waals surface area contributed by atoms with Crippen LogP contribution in [0.2, 0.25) is 0 Å². The molecule has 0 aliphatic carbocycles. The van der Waals surface area contributed by atoms with Crippen LogP contribution < -0.4 is 10.1 Å². The van der Waals surface area contributed by atoms with Crippen molar-refractivity contribution >= 4 is 5.91 Å². The lowest BCUT2D eigenvalue weighted by Gasteiger charge is -2.12. The number of benzene rings is 1. The Morgan fingerprint density at radius 2 is 2.16 bits per heavy atom. The van der Waals surface area contributed by atoms with E-state index in [-0.39, 0.29) is 18.6 Å². The summed E-state index contributed by atoms with van der Waals surface area (Å²) in [7, 11) is 0. The van der Waals surface area contributed by atoms with Gasteiger partial charge in [0.25, 0.3) is 0 Å². The average molecular weight is 343 g/mol. The van der Waals surface area contributed by atoms with E-state index < -0.39 is 0 Å². The Morgan fingerprint density at radius 1 is 1.36 bits per heavy atom. The van der Waals surface area contributed by atoms with Crippen molar-refractivity contribution in [2.75, 3.05) is 13.2 Å². The number of carbonyl (C=O) groups is 1. The lowest BCUT2D eigenvalue weighted by Crippen LogP contribution is -2.27. The van der Waals surface area contributed by atoms with Gasteiger partial charge in [-0.05, 0) is 50.5 Å². The molecule has 1 amide bonds. The molecule has 1 atom stereocenters. The van der Waals surface area contributed by atoms with Gasteiger partial charge in [-0.3, -0.25) is 9.48 Å². The monoisotopic (exact) mass is 343 g/mol. The van der Waals surface area contributed by atoms with Crippen molar-refractivity contribution in [3.8, 4) is 5.75 Å². The van der Waals surface area contributed by atoms with Gasteiger partial charge in [-0.15, -0.1) is 0 Å². The highest BCUT2D eigenvalue weighted by Crippen LogP contribution is 2.16. The van der Waals surface area contributed by atoms with Crippen LogP contribution in [0.5, 0.6) is 5.75 Å². The SMILES string of the molecule is Cc1cc(C)n(CC(=O)NCc2ccc(OC[C@@H]3CCCO3)cc2)n1. The van der Waals surface area contributed by atoms with Crippen molar-refractivity contribution < 1.29 is 14.3 Å². The molecular formula is C19H25N3O3. The maximum absolute atomic E-state index is 12.1. The van der Waals surface area contributed by atoms with Crippen molar-refractivity contribution in [1.82, 2.24) is 15.1 Å². The molecule has 3 rings (SSSR count). The predicted octanol–water partition coefficient (Wildman–Crippen LogP) is 2.37. The standard InChI is InChI=1S/C19H25N3O3/c1-14-10-15(2)22(21-14)12-19(23)20-11-16-5-7-17(8-6-16)25-13-18-4-3-9-24-18/h5-8,10,18H,3-4,9,11-13H2,1-2H3,(H,20,23)/t18-/m0/s1. The number of aryl methyl sites for hydroxylation is 2. The van der Waals surface area contributed by atoms with Gasteiger partial charge >= 0.3 is 0 Å². The highest BCUT2D eigenvalue weighted by atomic mass is 16.5. The number of nitrogens with zero attached hydrogens (tertiary/aromatic N) is 2. The largest absolute Gasteiger partial charge is 0.491 e. The fraction of sp³-hybridized carbons (Fsp3) is 0.474. The second-order valence-corrected chi connectivity index (χ2v) is 6.45. The molecule has 0 bridgehead atoms. The van der Waals surface area contributed by atoms with E-state index in [2.05, 4.69) is 10.4 Å². The summed E-state index contributed by atoms with van der Waals surface area (Å²) in [5.74, 6) is 0.776. The number of carbonyl (C=O) groups excluding carboxylic acids is 1.